The predicted octanol–water partition coefficient (Wildman–Crippen LogP) is 3.28. The highest BCUT2D eigenvalue weighted by Crippen LogP contribution is 2.64. The van der Waals surface area contributed by atoms with Crippen LogP contribution < -0.4 is 0 Å². The Morgan fingerprint density at radius 2 is 2.00 bits per heavy atom. The van der Waals surface area contributed by atoms with E-state index >= 15 is 0 Å². The Bertz CT molecular complexity index is 944. The fourth-order valence-corrected chi connectivity index (χ4v) is 4.45. The fourth-order valence-electron chi connectivity index (χ4n) is 4.32. The molecule has 2 aliphatic rings. The molecule has 1 fully saturated rings. The summed E-state index contributed by atoms with van der Waals surface area (Å²) < 4.78 is 7.91. The lowest BCUT2D eigenvalue weighted by molar-refractivity contribution is -0.0704. The highest BCUT2D eigenvalue weighted by molar-refractivity contribution is 6.30. The van der Waals surface area contributed by atoms with Gasteiger partial charge in [0.05, 0.1) is 6.54 Å². The number of ether oxygens (including phenoxy) is 1. The Morgan fingerprint density at radius 3 is 2.77 bits per heavy atom. The van der Waals surface area contributed by atoms with Crippen LogP contribution in [0.1, 0.15) is 29.2 Å². The van der Waals surface area contributed by atoms with Gasteiger partial charge in [-0.3, -0.25) is 0 Å². The lowest BCUT2D eigenvalue weighted by atomic mass is 9.68. The summed E-state index contributed by atoms with van der Waals surface area (Å²) in [5, 5.41) is 16.8. The number of epoxide rings is 1. The first-order valence-corrected chi connectivity index (χ1v) is 9.07. The molecule has 0 amide bonds. The first kappa shape index (κ1) is 16.0. The molecule has 1 aromatic heterocycles. The molecule has 3 atom stereocenters. The molecule has 0 radical (unpaired) electrons. The summed E-state index contributed by atoms with van der Waals surface area (Å²) >= 11 is 6.02. The van der Waals surface area contributed by atoms with E-state index in [4.69, 9.17) is 16.3 Å². The highest BCUT2D eigenvalue weighted by Gasteiger charge is 2.71. The van der Waals surface area contributed by atoms with Gasteiger partial charge >= 0.3 is 0 Å². The van der Waals surface area contributed by atoms with Crippen molar-refractivity contribution in [2.75, 3.05) is 0 Å². The van der Waals surface area contributed by atoms with Gasteiger partial charge in [-0.15, -0.1) is 0 Å². The molecule has 3 aromatic rings. The van der Waals surface area contributed by atoms with Gasteiger partial charge in [0.25, 0.3) is 0 Å². The van der Waals surface area contributed by atoms with Crippen molar-refractivity contribution in [1.82, 2.24) is 14.8 Å². The molecule has 0 saturated carbocycles. The monoisotopic (exact) mass is 367 g/mol. The quantitative estimate of drug-likeness (QED) is 0.721. The molecule has 5 rings (SSSR count). The number of aryl methyl sites for hydroxylation is 1. The molecule has 1 spiro atoms. The molecule has 6 heteroatoms. The Hall–Kier alpha value is -2.21. The zero-order chi connectivity index (χ0) is 17.8. The largest absolute Gasteiger partial charge is 0.380 e. The fraction of sp³-hybridized carbons (Fsp3) is 0.300. The van der Waals surface area contributed by atoms with Crippen LogP contribution in [0.3, 0.4) is 0 Å². The molecule has 1 saturated heterocycles. The molecule has 1 N–H and O–H groups in total. The number of fused-ring (bicyclic) bond motifs is 1. The zero-order valence-electron chi connectivity index (χ0n) is 14.0. The third-order valence-corrected chi connectivity index (χ3v) is 5.91. The van der Waals surface area contributed by atoms with Crippen molar-refractivity contribution in [3.8, 4) is 0 Å². The summed E-state index contributed by atoms with van der Waals surface area (Å²) in [6.07, 6.45) is 4.57. The Balaban J connectivity index is 1.60. The van der Waals surface area contributed by atoms with E-state index in [2.05, 4.69) is 16.1 Å². The Kier molecular flexibility index (Phi) is 3.47. The topological polar surface area (TPSA) is 63.5 Å². The van der Waals surface area contributed by atoms with Crippen LogP contribution in [0.5, 0.6) is 0 Å². The molecular weight excluding hydrogens is 350 g/mol. The van der Waals surface area contributed by atoms with Crippen molar-refractivity contribution < 1.29 is 9.84 Å². The molecular formula is C20H18ClN3O2. The van der Waals surface area contributed by atoms with Gasteiger partial charge in [-0.05, 0) is 41.7 Å². The molecule has 1 aliphatic carbocycles. The van der Waals surface area contributed by atoms with E-state index in [0.29, 0.717) is 11.6 Å². The lowest BCUT2D eigenvalue weighted by Crippen LogP contribution is -2.50. The summed E-state index contributed by atoms with van der Waals surface area (Å²) in [6, 6.07) is 15.7. The van der Waals surface area contributed by atoms with Crippen LogP contribution in [-0.2, 0) is 23.3 Å². The van der Waals surface area contributed by atoms with Gasteiger partial charge in [-0.1, -0.05) is 48.0 Å². The van der Waals surface area contributed by atoms with E-state index in [1.54, 1.807) is 11.0 Å². The van der Waals surface area contributed by atoms with Crippen LogP contribution in [0.2, 0.25) is 5.02 Å². The number of nitrogens with zero attached hydrogens (tertiary/aromatic N) is 3. The highest BCUT2D eigenvalue weighted by atomic mass is 35.5. The maximum atomic E-state index is 11.9. The Morgan fingerprint density at radius 1 is 1.19 bits per heavy atom. The van der Waals surface area contributed by atoms with Crippen LogP contribution in [0.25, 0.3) is 0 Å². The maximum Gasteiger partial charge on any atom is 0.141 e. The van der Waals surface area contributed by atoms with E-state index in [1.165, 1.54) is 6.33 Å². The van der Waals surface area contributed by atoms with Crippen LogP contribution in [0.4, 0.5) is 0 Å². The second-order valence-electron chi connectivity index (χ2n) is 7.05. The third kappa shape index (κ3) is 2.24. The van der Waals surface area contributed by atoms with Gasteiger partial charge in [-0.2, -0.15) is 5.10 Å². The number of hydrogen-bond acceptors (Lipinski definition) is 4. The minimum absolute atomic E-state index is 0.165. The normalized spacial score (nSPS) is 29.5. The molecule has 2 heterocycles. The van der Waals surface area contributed by atoms with Crippen LogP contribution in [0, 0.1) is 0 Å². The molecule has 0 bridgehead atoms. The molecule has 5 nitrogen and oxygen atoms in total. The van der Waals surface area contributed by atoms with E-state index < -0.39 is 11.2 Å². The maximum absolute atomic E-state index is 11.9. The van der Waals surface area contributed by atoms with Gasteiger partial charge in [0.1, 0.15) is 30.0 Å². The van der Waals surface area contributed by atoms with Gasteiger partial charge in [0, 0.05) is 5.02 Å². The van der Waals surface area contributed by atoms with E-state index in [0.717, 1.165) is 29.5 Å². The van der Waals surface area contributed by atoms with Crippen molar-refractivity contribution in [2.45, 2.75) is 36.7 Å². The lowest BCUT2D eigenvalue weighted by Gasteiger charge is -2.40. The number of benzene rings is 2. The SMILES string of the molecule is O[C@]1(Cn2cncn2)c2ccccc2CC[C@]12O[C@@H]2c1ccc(Cl)cc1. The van der Waals surface area contributed by atoms with Crippen molar-refractivity contribution in [2.24, 2.45) is 0 Å². The second kappa shape index (κ2) is 5.64. The molecule has 2 aromatic carbocycles. The number of aliphatic hydroxyl groups is 1. The van der Waals surface area contributed by atoms with Crippen molar-refractivity contribution in [1.29, 1.82) is 0 Å². The minimum atomic E-state index is -1.18. The van der Waals surface area contributed by atoms with E-state index in [1.807, 2.05) is 42.5 Å². The minimum Gasteiger partial charge on any atom is -0.380 e. The average Bonchev–Trinajstić information content (AvgIpc) is 3.17. The van der Waals surface area contributed by atoms with Gasteiger partial charge < -0.3 is 9.84 Å². The number of halogens is 1. The molecule has 1 aliphatic heterocycles. The summed E-state index contributed by atoms with van der Waals surface area (Å²) in [7, 11) is 0. The molecule has 26 heavy (non-hydrogen) atoms. The molecule has 132 valence electrons. The summed E-state index contributed by atoms with van der Waals surface area (Å²) in [6.45, 7) is 0.300. The molecule has 0 unspecified atom stereocenters. The average molecular weight is 368 g/mol. The standard InChI is InChI=1S/C20H18ClN3O2/c21-16-7-5-15(6-8-16)18-20(26-18)10-9-14-3-1-2-4-17(14)19(20,25)11-24-13-22-12-23-24/h1-8,12-13,18,25H,9-11H2/t18-,19-,20-/m1/s1. The number of rotatable bonds is 3. The van der Waals surface area contributed by atoms with Gasteiger partial charge in [-0.25, -0.2) is 9.67 Å². The van der Waals surface area contributed by atoms with Gasteiger partial charge in [0.2, 0.25) is 0 Å². The Labute approximate surface area is 156 Å². The van der Waals surface area contributed by atoms with Crippen LogP contribution in [-0.4, -0.2) is 25.5 Å². The summed E-state index contributed by atoms with van der Waals surface area (Å²) in [4.78, 5) is 4.02. The van der Waals surface area contributed by atoms with Gasteiger partial charge in [0.15, 0.2) is 0 Å². The van der Waals surface area contributed by atoms with E-state index in [-0.39, 0.29) is 6.10 Å². The van der Waals surface area contributed by atoms with Crippen LogP contribution in [0.15, 0.2) is 61.2 Å². The first-order valence-electron chi connectivity index (χ1n) is 8.69. The van der Waals surface area contributed by atoms with Crippen molar-refractivity contribution in [3.05, 3.63) is 82.9 Å². The van der Waals surface area contributed by atoms with E-state index in [9.17, 15) is 5.11 Å². The van der Waals surface area contributed by atoms with Crippen molar-refractivity contribution in [3.63, 3.8) is 0 Å². The number of aromatic nitrogens is 3. The smallest absolute Gasteiger partial charge is 0.141 e. The van der Waals surface area contributed by atoms with Crippen LogP contribution >= 0.6 is 11.6 Å². The summed E-state index contributed by atoms with van der Waals surface area (Å²) in [5.74, 6) is 0. The predicted molar refractivity (Wildman–Crippen MR) is 96.7 cm³/mol. The first-order chi connectivity index (χ1) is 12.6. The third-order valence-electron chi connectivity index (χ3n) is 5.65. The van der Waals surface area contributed by atoms with Crippen molar-refractivity contribution >= 4 is 11.6 Å². The zero-order valence-corrected chi connectivity index (χ0v) is 14.8. The summed E-state index contributed by atoms with van der Waals surface area (Å²) in [5.41, 5.74) is 1.26. The number of hydrogen-bond donors (Lipinski definition) is 1. The second-order valence-corrected chi connectivity index (χ2v) is 7.49.